The highest BCUT2D eigenvalue weighted by Crippen LogP contribution is 2.21. The molecule has 1 aromatic rings. The summed E-state index contributed by atoms with van der Waals surface area (Å²) in [6, 6.07) is 10.8. The molecular weight excluding hydrogens is 314 g/mol. The zero-order chi connectivity index (χ0) is 18.3. The lowest BCUT2D eigenvalue weighted by Crippen LogP contribution is -2.54. The molecule has 25 heavy (non-hydrogen) atoms. The molecule has 1 N–H and O–H groups in total. The number of carbonyl (C=O) groups excluding carboxylic acids is 1. The van der Waals surface area contributed by atoms with Crippen molar-refractivity contribution < 1.29 is 9.53 Å². The lowest BCUT2D eigenvalue weighted by atomic mass is 9.84. The van der Waals surface area contributed by atoms with Gasteiger partial charge in [0.2, 0.25) is 5.91 Å². The second kappa shape index (κ2) is 9.32. The van der Waals surface area contributed by atoms with Crippen molar-refractivity contribution in [2.45, 2.75) is 32.2 Å². The van der Waals surface area contributed by atoms with Gasteiger partial charge in [0.1, 0.15) is 0 Å². The smallest absolute Gasteiger partial charge is 0.234 e. The molecule has 0 spiro atoms. The van der Waals surface area contributed by atoms with Crippen molar-refractivity contribution in [1.82, 2.24) is 15.1 Å². The molecule has 1 aliphatic heterocycles. The van der Waals surface area contributed by atoms with Crippen molar-refractivity contribution in [3.05, 3.63) is 35.9 Å². The molecule has 1 amide bonds. The number of nitrogens with one attached hydrogen (secondary N) is 1. The van der Waals surface area contributed by atoms with Crippen molar-refractivity contribution >= 4 is 5.91 Å². The van der Waals surface area contributed by atoms with Crippen LogP contribution in [-0.2, 0) is 14.9 Å². The van der Waals surface area contributed by atoms with Gasteiger partial charge < -0.3 is 10.1 Å². The molecule has 1 atom stereocenters. The van der Waals surface area contributed by atoms with Crippen molar-refractivity contribution in [2.75, 3.05) is 53.0 Å². The third-order valence-corrected chi connectivity index (χ3v) is 5.08. The summed E-state index contributed by atoms with van der Waals surface area (Å²) >= 11 is 0. The molecule has 0 aliphatic carbocycles. The summed E-state index contributed by atoms with van der Waals surface area (Å²) in [6.07, 6.45) is 0. The Kier molecular flexibility index (Phi) is 7.41. The molecule has 0 aromatic heterocycles. The van der Waals surface area contributed by atoms with E-state index in [1.165, 1.54) is 5.56 Å². The fourth-order valence-electron chi connectivity index (χ4n) is 3.32. The first-order valence-corrected chi connectivity index (χ1v) is 9.20. The Labute approximate surface area is 152 Å². The normalized spacial score (nSPS) is 19.8. The van der Waals surface area contributed by atoms with Crippen LogP contribution in [0.4, 0.5) is 0 Å². The van der Waals surface area contributed by atoms with E-state index >= 15 is 0 Å². The fraction of sp³-hybridized carbons (Fsp3) is 0.650. The average Bonchev–Trinajstić information content (AvgIpc) is 2.60. The number of hydrogen-bond acceptors (Lipinski definition) is 4. The predicted octanol–water partition coefficient (Wildman–Crippen LogP) is 1.73. The second-order valence-corrected chi connectivity index (χ2v) is 7.64. The molecule has 1 heterocycles. The minimum atomic E-state index is -0.0664. The molecule has 1 aromatic carbocycles. The van der Waals surface area contributed by atoms with Gasteiger partial charge in [-0.05, 0) is 12.5 Å². The van der Waals surface area contributed by atoms with E-state index in [0.29, 0.717) is 19.1 Å². The molecule has 5 nitrogen and oxygen atoms in total. The summed E-state index contributed by atoms with van der Waals surface area (Å²) in [5.74, 6) is 0.113. The first kappa shape index (κ1) is 19.9. The summed E-state index contributed by atoms with van der Waals surface area (Å²) < 4.78 is 5.17. The number of carbonyl (C=O) groups is 1. The van der Waals surface area contributed by atoms with Crippen molar-refractivity contribution in [3.63, 3.8) is 0 Å². The molecule has 1 saturated heterocycles. The Morgan fingerprint density at radius 2 is 2.00 bits per heavy atom. The second-order valence-electron chi connectivity index (χ2n) is 7.64. The largest absolute Gasteiger partial charge is 0.383 e. The van der Waals surface area contributed by atoms with E-state index in [-0.39, 0.29) is 11.3 Å². The zero-order valence-corrected chi connectivity index (χ0v) is 16.1. The first-order valence-electron chi connectivity index (χ1n) is 9.20. The predicted molar refractivity (Wildman–Crippen MR) is 102 cm³/mol. The lowest BCUT2D eigenvalue weighted by Gasteiger charge is -2.39. The maximum atomic E-state index is 12.4. The summed E-state index contributed by atoms with van der Waals surface area (Å²) in [4.78, 5) is 17.0. The monoisotopic (exact) mass is 347 g/mol. The highest BCUT2D eigenvalue weighted by Gasteiger charge is 2.25. The van der Waals surface area contributed by atoms with Gasteiger partial charge in [0, 0.05) is 51.3 Å². The number of nitrogens with zero attached hydrogens (tertiary/aromatic N) is 2. The van der Waals surface area contributed by atoms with E-state index in [1.54, 1.807) is 7.11 Å². The van der Waals surface area contributed by atoms with Crippen LogP contribution in [0.2, 0.25) is 0 Å². The van der Waals surface area contributed by atoms with Crippen LogP contribution in [0.3, 0.4) is 0 Å². The highest BCUT2D eigenvalue weighted by atomic mass is 16.5. The van der Waals surface area contributed by atoms with Crippen LogP contribution < -0.4 is 5.32 Å². The highest BCUT2D eigenvalue weighted by molar-refractivity contribution is 5.78. The molecule has 140 valence electrons. The van der Waals surface area contributed by atoms with Gasteiger partial charge in [0.25, 0.3) is 0 Å². The van der Waals surface area contributed by atoms with E-state index in [9.17, 15) is 4.79 Å². The molecule has 0 saturated carbocycles. The Morgan fingerprint density at radius 1 is 1.28 bits per heavy atom. The van der Waals surface area contributed by atoms with Crippen LogP contribution >= 0.6 is 0 Å². The van der Waals surface area contributed by atoms with Gasteiger partial charge in [-0.25, -0.2) is 0 Å². The SMILES string of the molecule is COCCN1CCN(CC(=O)NCC(C)(C)c2ccccc2)CC1C. The van der Waals surface area contributed by atoms with Gasteiger partial charge in [0.05, 0.1) is 13.2 Å². The van der Waals surface area contributed by atoms with Crippen molar-refractivity contribution in [3.8, 4) is 0 Å². The van der Waals surface area contributed by atoms with Gasteiger partial charge in [-0.2, -0.15) is 0 Å². The van der Waals surface area contributed by atoms with Crippen molar-refractivity contribution in [2.24, 2.45) is 0 Å². The minimum absolute atomic E-state index is 0.0664. The van der Waals surface area contributed by atoms with Crippen LogP contribution in [0.15, 0.2) is 30.3 Å². The maximum absolute atomic E-state index is 12.4. The molecule has 0 radical (unpaired) electrons. The molecule has 0 bridgehead atoms. The zero-order valence-electron chi connectivity index (χ0n) is 16.1. The molecule has 1 unspecified atom stereocenters. The van der Waals surface area contributed by atoms with Gasteiger partial charge in [-0.1, -0.05) is 44.2 Å². The topological polar surface area (TPSA) is 44.8 Å². The molecule has 5 heteroatoms. The number of methoxy groups -OCH3 is 1. The van der Waals surface area contributed by atoms with Crippen LogP contribution in [0.5, 0.6) is 0 Å². The van der Waals surface area contributed by atoms with E-state index in [0.717, 1.165) is 32.8 Å². The summed E-state index contributed by atoms with van der Waals surface area (Å²) in [6.45, 7) is 12.3. The number of rotatable bonds is 8. The molecule has 2 rings (SSSR count). The molecule has 1 aliphatic rings. The number of amides is 1. The third kappa shape index (κ3) is 6.10. The minimum Gasteiger partial charge on any atom is -0.383 e. The van der Waals surface area contributed by atoms with Gasteiger partial charge >= 0.3 is 0 Å². The van der Waals surface area contributed by atoms with Crippen molar-refractivity contribution in [1.29, 1.82) is 0 Å². The Bertz CT molecular complexity index is 533. The number of hydrogen-bond donors (Lipinski definition) is 1. The summed E-state index contributed by atoms with van der Waals surface area (Å²) in [7, 11) is 1.74. The van der Waals surface area contributed by atoms with Gasteiger partial charge in [-0.3, -0.25) is 14.6 Å². The summed E-state index contributed by atoms with van der Waals surface area (Å²) in [5.41, 5.74) is 1.18. The number of piperazine rings is 1. The van der Waals surface area contributed by atoms with Crippen LogP contribution in [-0.4, -0.2) is 74.7 Å². The Balaban J connectivity index is 1.76. The fourth-order valence-corrected chi connectivity index (χ4v) is 3.32. The molecule has 1 fully saturated rings. The Hall–Kier alpha value is -1.43. The van der Waals surface area contributed by atoms with Crippen LogP contribution in [0.25, 0.3) is 0 Å². The lowest BCUT2D eigenvalue weighted by molar-refractivity contribution is -0.123. The Morgan fingerprint density at radius 3 is 2.64 bits per heavy atom. The molecular formula is C20H33N3O2. The third-order valence-electron chi connectivity index (χ3n) is 5.08. The van der Waals surface area contributed by atoms with Gasteiger partial charge in [-0.15, -0.1) is 0 Å². The van der Waals surface area contributed by atoms with E-state index in [2.05, 4.69) is 48.0 Å². The van der Waals surface area contributed by atoms with Crippen LogP contribution in [0.1, 0.15) is 26.3 Å². The first-order chi connectivity index (χ1) is 11.9. The van der Waals surface area contributed by atoms with E-state index < -0.39 is 0 Å². The quantitative estimate of drug-likeness (QED) is 0.778. The maximum Gasteiger partial charge on any atom is 0.234 e. The number of benzene rings is 1. The standard InChI is InChI=1S/C20H33N3O2/c1-17-14-22(10-11-23(17)12-13-25-4)15-19(24)21-16-20(2,3)18-8-6-5-7-9-18/h5-9,17H,10-16H2,1-4H3,(H,21,24). The van der Waals surface area contributed by atoms with E-state index in [1.807, 2.05) is 18.2 Å². The van der Waals surface area contributed by atoms with Gasteiger partial charge in [0.15, 0.2) is 0 Å². The van der Waals surface area contributed by atoms with Crippen LogP contribution in [0, 0.1) is 0 Å². The summed E-state index contributed by atoms with van der Waals surface area (Å²) in [5, 5.41) is 3.11. The van der Waals surface area contributed by atoms with E-state index in [4.69, 9.17) is 4.74 Å². The number of ether oxygens (including phenoxy) is 1. The average molecular weight is 348 g/mol.